The van der Waals surface area contributed by atoms with Crippen LogP contribution in [0, 0.1) is 0 Å². The minimum atomic E-state index is -2.70. The molecule has 3 heterocycles. The Kier molecular flexibility index (Phi) is 2.63. The third-order valence-electron chi connectivity index (χ3n) is 2.31. The molecule has 0 N–H and O–H groups in total. The molecule has 94 valence electrons. The minimum Gasteiger partial charge on any atom is -0.264 e. The van der Waals surface area contributed by atoms with E-state index in [0.29, 0.717) is 15.7 Å². The number of fused-ring (bicyclic) bond motifs is 1. The number of nitrogens with zero attached hydrogens (tertiary/aromatic N) is 6. The SMILES string of the molecule is Cn1ncc(Br)c1-c1nn2c(C(F)F)nnc2s1. The summed E-state index contributed by atoms with van der Waals surface area (Å²) in [4.78, 5) is 0.327. The van der Waals surface area contributed by atoms with Crippen molar-refractivity contribution < 1.29 is 8.78 Å². The average molecular weight is 335 g/mol. The van der Waals surface area contributed by atoms with E-state index in [0.717, 1.165) is 8.99 Å². The van der Waals surface area contributed by atoms with E-state index in [9.17, 15) is 8.78 Å². The molecule has 10 heteroatoms. The van der Waals surface area contributed by atoms with Crippen LogP contribution >= 0.6 is 27.3 Å². The van der Waals surface area contributed by atoms with Crippen LogP contribution in [0.15, 0.2) is 10.7 Å². The molecule has 0 aromatic carbocycles. The fourth-order valence-electron chi connectivity index (χ4n) is 1.52. The number of alkyl halides is 2. The fourth-order valence-corrected chi connectivity index (χ4v) is 3.12. The van der Waals surface area contributed by atoms with Gasteiger partial charge in [-0.1, -0.05) is 11.3 Å². The highest BCUT2D eigenvalue weighted by Crippen LogP contribution is 2.31. The zero-order chi connectivity index (χ0) is 12.9. The zero-order valence-corrected chi connectivity index (χ0v) is 11.3. The number of hydrogen-bond donors (Lipinski definition) is 0. The molecule has 0 aliphatic carbocycles. The van der Waals surface area contributed by atoms with E-state index in [1.54, 1.807) is 17.9 Å². The maximum atomic E-state index is 12.7. The van der Waals surface area contributed by atoms with Crippen molar-refractivity contribution in [3.8, 4) is 10.7 Å². The Morgan fingerprint density at radius 1 is 1.39 bits per heavy atom. The number of rotatable bonds is 2. The standard InChI is InChI=1S/C8H5BrF2N6S/c1-16-4(3(9)2-12-16)7-15-17-6(5(10)11)13-14-8(17)18-7/h2,5H,1H3. The molecule has 0 bridgehead atoms. The van der Waals surface area contributed by atoms with Crippen LogP contribution < -0.4 is 0 Å². The molecule has 18 heavy (non-hydrogen) atoms. The Bertz CT molecular complexity index is 697. The van der Waals surface area contributed by atoms with Crippen LogP contribution in [0.2, 0.25) is 0 Å². The van der Waals surface area contributed by atoms with Gasteiger partial charge < -0.3 is 0 Å². The lowest BCUT2D eigenvalue weighted by Crippen LogP contribution is -1.98. The molecular weight excluding hydrogens is 330 g/mol. The van der Waals surface area contributed by atoms with Crippen molar-refractivity contribution >= 4 is 32.2 Å². The predicted molar refractivity (Wildman–Crippen MR) is 63.5 cm³/mol. The van der Waals surface area contributed by atoms with Crippen molar-refractivity contribution in [2.45, 2.75) is 6.43 Å². The lowest BCUT2D eigenvalue weighted by atomic mass is 10.4. The number of hydrogen-bond acceptors (Lipinski definition) is 5. The van der Waals surface area contributed by atoms with E-state index in [4.69, 9.17) is 0 Å². The summed E-state index contributed by atoms with van der Waals surface area (Å²) in [6.45, 7) is 0. The molecule has 0 radical (unpaired) electrons. The van der Waals surface area contributed by atoms with Gasteiger partial charge in [0.15, 0.2) is 5.01 Å². The molecule has 0 amide bonds. The quantitative estimate of drug-likeness (QED) is 0.721. The summed E-state index contributed by atoms with van der Waals surface area (Å²) < 4.78 is 28.7. The van der Waals surface area contributed by atoms with Gasteiger partial charge in [0.2, 0.25) is 10.8 Å². The largest absolute Gasteiger partial charge is 0.299 e. The molecular formula is C8H5BrF2N6S. The lowest BCUT2D eigenvalue weighted by Gasteiger charge is -1.97. The van der Waals surface area contributed by atoms with Crippen molar-refractivity contribution in [3.05, 3.63) is 16.5 Å². The molecule has 0 spiro atoms. The van der Waals surface area contributed by atoms with Crippen molar-refractivity contribution in [1.29, 1.82) is 0 Å². The summed E-state index contributed by atoms with van der Waals surface area (Å²) in [5.41, 5.74) is 0.714. The van der Waals surface area contributed by atoms with Gasteiger partial charge >= 0.3 is 0 Å². The topological polar surface area (TPSA) is 60.9 Å². The van der Waals surface area contributed by atoms with Gasteiger partial charge in [-0.05, 0) is 15.9 Å². The monoisotopic (exact) mass is 334 g/mol. The van der Waals surface area contributed by atoms with Gasteiger partial charge in [0.05, 0.1) is 10.7 Å². The Labute approximate surface area is 111 Å². The summed E-state index contributed by atoms with van der Waals surface area (Å²) in [7, 11) is 1.75. The van der Waals surface area contributed by atoms with E-state index < -0.39 is 12.2 Å². The molecule has 0 fully saturated rings. The van der Waals surface area contributed by atoms with E-state index in [2.05, 4.69) is 36.3 Å². The molecule has 3 aromatic rings. The summed E-state index contributed by atoms with van der Waals surface area (Å²) in [5, 5.41) is 15.8. The highest BCUT2D eigenvalue weighted by Gasteiger charge is 2.21. The normalized spacial score (nSPS) is 11.8. The Morgan fingerprint density at radius 3 is 2.78 bits per heavy atom. The lowest BCUT2D eigenvalue weighted by molar-refractivity contribution is 0.137. The van der Waals surface area contributed by atoms with Gasteiger partial charge in [-0.25, -0.2) is 8.78 Å². The van der Waals surface area contributed by atoms with Crippen LogP contribution in [0.25, 0.3) is 15.7 Å². The second-order valence-electron chi connectivity index (χ2n) is 3.43. The maximum Gasteiger partial charge on any atom is 0.299 e. The molecule has 0 saturated heterocycles. The Balaban J connectivity index is 2.20. The van der Waals surface area contributed by atoms with Gasteiger partial charge in [0, 0.05) is 7.05 Å². The van der Waals surface area contributed by atoms with Gasteiger partial charge in [-0.2, -0.15) is 14.7 Å². The van der Waals surface area contributed by atoms with E-state index in [-0.39, 0.29) is 0 Å². The molecule has 3 aromatic heterocycles. The Hall–Kier alpha value is -1.42. The first-order valence-electron chi connectivity index (χ1n) is 4.76. The van der Waals surface area contributed by atoms with E-state index in [1.807, 2.05) is 0 Å². The molecule has 3 rings (SSSR count). The van der Waals surface area contributed by atoms with E-state index in [1.165, 1.54) is 11.3 Å². The predicted octanol–water partition coefficient (Wildman–Crippen LogP) is 2.29. The van der Waals surface area contributed by atoms with Crippen LogP contribution in [0.1, 0.15) is 12.2 Å². The number of halogens is 3. The van der Waals surface area contributed by atoms with Crippen LogP contribution in [-0.4, -0.2) is 29.6 Å². The van der Waals surface area contributed by atoms with Crippen LogP contribution in [0.4, 0.5) is 8.78 Å². The van der Waals surface area contributed by atoms with Crippen LogP contribution in [-0.2, 0) is 7.05 Å². The summed E-state index contributed by atoms with van der Waals surface area (Å²) >= 11 is 4.51. The van der Waals surface area contributed by atoms with Crippen LogP contribution in [0.3, 0.4) is 0 Å². The van der Waals surface area contributed by atoms with Gasteiger partial charge in [0.1, 0.15) is 5.69 Å². The number of aryl methyl sites for hydroxylation is 1. The molecule has 0 unspecified atom stereocenters. The Morgan fingerprint density at radius 2 is 2.17 bits per heavy atom. The summed E-state index contributed by atoms with van der Waals surface area (Å²) in [6.07, 6.45) is -1.09. The summed E-state index contributed by atoms with van der Waals surface area (Å²) in [6, 6.07) is 0. The van der Waals surface area contributed by atoms with E-state index >= 15 is 0 Å². The smallest absolute Gasteiger partial charge is 0.264 e. The first kappa shape index (κ1) is 11.7. The number of aromatic nitrogens is 6. The third-order valence-corrected chi connectivity index (χ3v) is 3.79. The van der Waals surface area contributed by atoms with Gasteiger partial charge in [-0.15, -0.1) is 10.2 Å². The van der Waals surface area contributed by atoms with Gasteiger partial charge in [-0.3, -0.25) is 4.68 Å². The van der Waals surface area contributed by atoms with Crippen molar-refractivity contribution in [3.63, 3.8) is 0 Å². The highest BCUT2D eigenvalue weighted by molar-refractivity contribution is 9.10. The van der Waals surface area contributed by atoms with Crippen molar-refractivity contribution in [2.75, 3.05) is 0 Å². The van der Waals surface area contributed by atoms with Crippen molar-refractivity contribution in [1.82, 2.24) is 29.6 Å². The molecule has 0 aliphatic rings. The van der Waals surface area contributed by atoms with Gasteiger partial charge in [0.25, 0.3) is 6.43 Å². The second-order valence-corrected chi connectivity index (χ2v) is 5.24. The second kappa shape index (κ2) is 4.05. The zero-order valence-electron chi connectivity index (χ0n) is 8.88. The van der Waals surface area contributed by atoms with Crippen molar-refractivity contribution in [2.24, 2.45) is 7.05 Å². The molecule has 6 nitrogen and oxygen atoms in total. The fraction of sp³-hybridized carbons (Fsp3) is 0.250. The molecule has 0 atom stereocenters. The first-order valence-corrected chi connectivity index (χ1v) is 6.37. The highest BCUT2D eigenvalue weighted by atomic mass is 79.9. The third kappa shape index (κ3) is 1.63. The molecule has 0 aliphatic heterocycles. The summed E-state index contributed by atoms with van der Waals surface area (Å²) in [5.74, 6) is -0.453. The maximum absolute atomic E-state index is 12.7. The first-order chi connectivity index (χ1) is 8.58. The average Bonchev–Trinajstić information content (AvgIpc) is 2.92. The minimum absolute atomic E-state index is 0.327. The molecule has 0 saturated carbocycles. The van der Waals surface area contributed by atoms with Crippen LogP contribution in [0.5, 0.6) is 0 Å².